The summed E-state index contributed by atoms with van der Waals surface area (Å²) in [6.45, 7) is 5.02. The van der Waals surface area contributed by atoms with Gasteiger partial charge in [0, 0.05) is 6.54 Å². The zero-order chi connectivity index (χ0) is 7.11. The molecule has 2 nitrogen and oxygen atoms in total. The van der Waals surface area contributed by atoms with E-state index in [-0.39, 0.29) is 0 Å². The van der Waals surface area contributed by atoms with E-state index in [2.05, 4.69) is 19.2 Å². The molecule has 0 bridgehead atoms. The lowest BCUT2D eigenvalue weighted by atomic mass is 10.1. The number of amides is 1. The highest BCUT2D eigenvalue weighted by Crippen LogP contribution is 2.01. The first kappa shape index (κ1) is 8.47. The van der Waals surface area contributed by atoms with Crippen molar-refractivity contribution in [3.8, 4) is 0 Å². The van der Waals surface area contributed by atoms with E-state index in [1.54, 1.807) is 6.41 Å². The van der Waals surface area contributed by atoms with Gasteiger partial charge in [-0.1, -0.05) is 20.3 Å². The molecule has 0 fully saturated rings. The average Bonchev–Trinajstić information content (AvgIpc) is 1.85. The SMILES string of the molecule is CCCC(C)CN[C]=O. The Morgan fingerprint density at radius 2 is 2.33 bits per heavy atom. The van der Waals surface area contributed by atoms with Crippen LogP contribution in [0.3, 0.4) is 0 Å². The van der Waals surface area contributed by atoms with Crippen molar-refractivity contribution < 1.29 is 4.79 Å². The summed E-state index contributed by atoms with van der Waals surface area (Å²) < 4.78 is 0. The first-order valence-corrected chi connectivity index (χ1v) is 3.41. The second-order valence-corrected chi connectivity index (χ2v) is 2.38. The highest BCUT2D eigenvalue weighted by Gasteiger charge is 1.97. The molecule has 0 aliphatic rings. The van der Waals surface area contributed by atoms with E-state index in [0.717, 1.165) is 6.54 Å². The predicted octanol–water partition coefficient (Wildman–Crippen LogP) is 1.08. The van der Waals surface area contributed by atoms with Gasteiger partial charge in [0.1, 0.15) is 0 Å². The Hall–Kier alpha value is -0.530. The van der Waals surface area contributed by atoms with Gasteiger partial charge in [0.05, 0.1) is 0 Å². The lowest BCUT2D eigenvalue weighted by Gasteiger charge is -2.06. The van der Waals surface area contributed by atoms with Gasteiger partial charge in [-0.05, 0) is 12.3 Å². The lowest BCUT2D eigenvalue weighted by molar-refractivity contribution is 0.491. The van der Waals surface area contributed by atoms with Crippen LogP contribution < -0.4 is 5.32 Å². The summed E-state index contributed by atoms with van der Waals surface area (Å²) in [7, 11) is 0. The number of hydrogen-bond donors (Lipinski definition) is 1. The largest absolute Gasteiger partial charge is 0.348 e. The van der Waals surface area contributed by atoms with Crippen molar-refractivity contribution >= 4 is 6.41 Å². The van der Waals surface area contributed by atoms with Gasteiger partial charge in [0.15, 0.2) is 0 Å². The molecule has 1 radical (unpaired) electrons. The van der Waals surface area contributed by atoms with Gasteiger partial charge in [-0.15, -0.1) is 0 Å². The van der Waals surface area contributed by atoms with E-state index in [0.29, 0.717) is 5.92 Å². The van der Waals surface area contributed by atoms with Gasteiger partial charge in [-0.3, -0.25) is 4.79 Å². The Kier molecular flexibility index (Phi) is 5.27. The number of nitrogens with one attached hydrogen (secondary N) is 1. The molecule has 0 heterocycles. The number of hydrogen-bond acceptors (Lipinski definition) is 1. The van der Waals surface area contributed by atoms with Crippen LogP contribution in [0, 0.1) is 5.92 Å². The van der Waals surface area contributed by atoms with Gasteiger partial charge < -0.3 is 5.32 Å². The van der Waals surface area contributed by atoms with Crippen molar-refractivity contribution in [2.24, 2.45) is 5.92 Å². The molecule has 0 aliphatic carbocycles. The van der Waals surface area contributed by atoms with E-state index in [9.17, 15) is 4.79 Å². The number of rotatable bonds is 5. The molecule has 1 unspecified atom stereocenters. The monoisotopic (exact) mass is 128 g/mol. The zero-order valence-corrected chi connectivity index (χ0v) is 6.11. The van der Waals surface area contributed by atoms with Crippen molar-refractivity contribution in [3.05, 3.63) is 0 Å². The topological polar surface area (TPSA) is 29.1 Å². The molecule has 0 saturated heterocycles. The summed E-state index contributed by atoms with van der Waals surface area (Å²) in [6, 6.07) is 0. The third-order valence-electron chi connectivity index (χ3n) is 1.30. The zero-order valence-electron chi connectivity index (χ0n) is 6.11. The highest BCUT2D eigenvalue weighted by molar-refractivity contribution is 5.46. The molecule has 1 amide bonds. The van der Waals surface area contributed by atoms with Crippen LogP contribution in [0.4, 0.5) is 0 Å². The van der Waals surface area contributed by atoms with Crippen molar-refractivity contribution in [3.63, 3.8) is 0 Å². The quantitative estimate of drug-likeness (QED) is 0.551. The summed E-state index contributed by atoms with van der Waals surface area (Å²) in [5.74, 6) is 0.594. The Morgan fingerprint density at radius 1 is 1.67 bits per heavy atom. The van der Waals surface area contributed by atoms with Crippen molar-refractivity contribution in [1.29, 1.82) is 0 Å². The van der Waals surface area contributed by atoms with E-state index in [4.69, 9.17) is 0 Å². The van der Waals surface area contributed by atoms with Gasteiger partial charge in [0.2, 0.25) is 0 Å². The van der Waals surface area contributed by atoms with Crippen molar-refractivity contribution in [2.75, 3.05) is 6.54 Å². The first-order chi connectivity index (χ1) is 4.31. The van der Waals surface area contributed by atoms with Crippen LogP contribution in [0.25, 0.3) is 0 Å². The molecule has 1 N–H and O–H groups in total. The summed E-state index contributed by atoms with van der Waals surface area (Å²) in [4.78, 5) is 9.68. The summed E-state index contributed by atoms with van der Waals surface area (Å²) in [5, 5.41) is 2.53. The maximum atomic E-state index is 9.68. The minimum atomic E-state index is 0.594. The van der Waals surface area contributed by atoms with Crippen LogP contribution in [-0.2, 0) is 4.79 Å². The fraction of sp³-hybridized carbons (Fsp3) is 0.857. The Bertz CT molecular complexity index is 73.3. The maximum absolute atomic E-state index is 9.68. The third kappa shape index (κ3) is 5.34. The average molecular weight is 128 g/mol. The molecule has 53 valence electrons. The molecular formula is C7H14NO. The fourth-order valence-corrected chi connectivity index (χ4v) is 0.811. The van der Waals surface area contributed by atoms with Crippen LogP contribution in [0.15, 0.2) is 0 Å². The van der Waals surface area contributed by atoms with Crippen molar-refractivity contribution in [1.82, 2.24) is 5.32 Å². The Balaban J connectivity index is 3.04. The lowest BCUT2D eigenvalue weighted by Crippen LogP contribution is -2.18. The molecule has 1 atom stereocenters. The highest BCUT2D eigenvalue weighted by atomic mass is 16.1. The molecule has 0 spiro atoms. The van der Waals surface area contributed by atoms with E-state index in [1.165, 1.54) is 12.8 Å². The van der Waals surface area contributed by atoms with Crippen molar-refractivity contribution in [2.45, 2.75) is 26.7 Å². The van der Waals surface area contributed by atoms with E-state index < -0.39 is 0 Å². The number of carbonyl (C=O) groups excluding carboxylic acids is 1. The molecule has 0 aromatic carbocycles. The van der Waals surface area contributed by atoms with Gasteiger partial charge in [-0.25, -0.2) is 0 Å². The van der Waals surface area contributed by atoms with Crippen LogP contribution in [0.5, 0.6) is 0 Å². The summed E-state index contributed by atoms with van der Waals surface area (Å²) in [5.41, 5.74) is 0. The first-order valence-electron chi connectivity index (χ1n) is 3.41. The second kappa shape index (κ2) is 5.60. The summed E-state index contributed by atoms with van der Waals surface area (Å²) in [6.07, 6.45) is 4.01. The predicted molar refractivity (Wildman–Crippen MR) is 37.8 cm³/mol. The van der Waals surface area contributed by atoms with Crippen LogP contribution in [-0.4, -0.2) is 13.0 Å². The third-order valence-corrected chi connectivity index (χ3v) is 1.30. The fourth-order valence-electron chi connectivity index (χ4n) is 0.811. The van der Waals surface area contributed by atoms with Crippen LogP contribution >= 0.6 is 0 Å². The maximum Gasteiger partial charge on any atom is 0.309 e. The minimum Gasteiger partial charge on any atom is -0.348 e. The molecule has 0 aromatic heterocycles. The molecule has 0 rings (SSSR count). The van der Waals surface area contributed by atoms with Gasteiger partial charge in [0.25, 0.3) is 0 Å². The van der Waals surface area contributed by atoms with Gasteiger partial charge >= 0.3 is 6.41 Å². The summed E-state index contributed by atoms with van der Waals surface area (Å²) >= 11 is 0. The molecule has 0 saturated carbocycles. The molecular weight excluding hydrogens is 114 g/mol. The Labute approximate surface area is 56.6 Å². The molecule has 0 aliphatic heterocycles. The molecule has 2 heteroatoms. The van der Waals surface area contributed by atoms with E-state index >= 15 is 0 Å². The van der Waals surface area contributed by atoms with E-state index in [1.807, 2.05) is 0 Å². The molecule has 9 heavy (non-hydrogen) atoms. The normalized spacial score (nSPS) is 12.7. The van der Waals surface area contributed by atoms with Gasteiger partial charge in [-0.2, -0.15) is 0 Å². The van der Waals surface area contributed by atoms with Crippen LogP contribution in [0.2, 0.25) is 0 Å². The Morgan fingerprint density at radius 3 is 2.78 bits per heavy atom. The smallest absolute Gasteiger partial charge is 0.309 e. The standard InChI is InChI=1S/C7H14NO/c1-3-4-7(2)5-8-6-9/h7H,3-5H2,1-2H3,(H,8,9). The minimum absolute atomic E-state index is 0.594. The van der Waals surface area contributed by atoms with Crippen LogP contribution in [0.1, 0.15) is 26.7 Å². The second-order valence-electron chi connectivity index (χ2n) is 2.38. The molecule has 0 aromatic rings.